The highest BCUT2D eigenvalue weighted by Gasteiger charge is 2.27. The Hall–Kier alpha value is -0.870. The third-order valence-corrected chi connectivity index (χ3v) is 4.45. The molecule has 0 spiro atoms. The van der Waals surface area contributed by atoms with Crippen LogP contribution in [0.1, 0.15) is 44.5 Å². The zero-order chi connectivity index (χ0) is 13.8. The van der Waals surface area contributed by atoms with Gasteiger partial charge in [-0.15, -0.1) is 0 Å². The van der Waals surface area contributed by atoms with Crippen LogP contribution in [0.5, 0.6) is 0 Å². The van der Waals surface area contributed by atoms with E-state index in [9.17, 15) is 0 Å². The Morgan fingerprint density at radius 2 is 2.26 bits per heavy atom. The molecular formula is C15H28N4. The number of aryl methyl sites for hydroxylation is 2. The highest BCUT2D eigenvalue weighted by Crippen LogP contribution is 2.22. The number of hydrogen-bond donors (Lipinski definition) is 1. The van der Waals surface area contributed by atoms with E-state index in [1.807, 2.05) is 0 Å². The Morgan fingerprint density at radius 3 is 2.89 bits per heavy atom. The van der Waals surface area contributed by atoms with Crippen molar-refractivity contribution in [1.29, 1.82) is 0 Å². The first-order valence-corrected chi connectivity index (χ1v) is 7.58. The van der Waals surface area contributed by atoms with Gasteiger partial charge in [0.2, 0.25) is 0 Å². The summed E-state index contributed by atoms with van der Waals surface area (Å²) in [6.07, 6.45) is 5.01. The van der Waals surface area contributed by atoms with E-state index in [-0.39, 0.29) is 0 Å². The quantitative estimate of drug-likeness (QED) is 0.882. The van der Waals surface area contributed by atoms with Gasteiger partial charge in [0.15, 0.2) is 0 Å². The average Bonchev–Trinajstić information content (AvgIpc) is 2.79. The molecule has 2 heterocycles. The maximum absolute atomic E-state index is 4.56. The highest BCUT2D eigenvalue weighted by molar-refractivity contribution is 5.10. The third-order valence-electron chi connectivity index (χ3n) is 4.45. The SMILES string of the molecule is CCc1cc(CN2CCCCC2C(C)NC)n(C)n1. The Balaban J connectivity index is 2.08. The van der Waals surface area contributed by atoms with Crippen LogP contribution in [0.4, 0.5) is 0 Å². The maximum Gasteiger partial charge on any atom is 0.0625 e. The van der Waals surface area contributed by atoms with Crippen LogP contribution in [0.2, 0.25) is 0 Å². The topological polar surface area (TPSA) is 33.1 Å². The molecular weight excluding hydrogens is 236 g/mol. The van der Waals surface area contributed by atoms with Gasteiger partial charge in [-0.25, -0.2) is 0 Å². The maximum atomic E-state index is 4.56. The number of piperidine rings is 1. The molecule has 2 unspecified atom stereocenters. The Morgan fingerprint density at radius 1 is 1.47 bits per heavy atom. The van der Waals surface area contributed by atoms with E-state index in [2.05, 4.69) is 54.0 Å². The largest absolute Gasteiger partial charge is 0.316 e. The van der Waals surface area contributed by atoms with Gasteiger partial charge in [0.05, 0.1) is 11.4 Å². The van der Waals surface area contributed by atoms with Crippen molar-refractivity contribution in [1.82, 2.24) is 20.0 Å². The van der Waals surface area contributed by atoms with Crippen LogP contribution in [0.15, 0.2) is 6.07 Å². The predicted molar refractivity (Wildman–Crippen MR) is 79.2 cm³/mol. The fourth-order valence-corrected chi connectivity index (χ4v) is 3.07. The van der Waals surface area contributed by atoms with Crippen molar-refractivity contribution < 1.29 is 0 Å². The first-order valence-electron chi connectivity index (χ1n) is 7.58. The van der Waals surface area contributed by atoms with Gasteiger partial charge in [-0.2, -0.15) is 5.10 Å². The molecule has 0 aromatic carbocycles. The van der Waals surface area contributed by atoms with E-state index in [1.165, 1.54) is 37.2 Å². The molecule has 0 aliphatic carbocycles. The Labute approximate surface area is 117 Å². The van der Waals surface area contributed by atoms with Gasteiger partial charge in [-0.1, -0.05) is 13.3 Å². The number of likely N-dealkylation sites (N-methyl/N-ethyl adjacent to an activating group) is 1. The smallest absolute Gasteiger partial charge is 0.0625 e. The Kier molecular flexibility index (Phi) is 4.99. The van der Waals surface area contributed by atoms with Gasteiger partial charge in [0, 0.05) is 25.7 Å². The first-order chi connectivity index (χ1) is 9.15. The van der Waals surface area contributed by atoms with Crippen molar-refractivity contribution in [2.45, 2.75) is 58.2 Å². The van der Waals surface area contributed by atoms with Gasteiger partial charge in [-0.3, -0.25) is 9.58 Å². The van der Waals surface area contributed by atoms with Gasteiger partial charge in [-0.05, 0) is 45.8 Å². The number of aromatic nitrogens is 2. The second kappa shape index (κ2) is 6.53. The molecule has 1 aliphatic heterocycles. The molecule has 1 aromatic heterocycles. The highest BCUT2D eigenvalue weighted by atomic mass is 15.3. The fourth-order valence-electron chi connectivity index (χ4n) is 3.07. The van der Waals surface area contributed by atoms with Crippen LogP contribution in [0.3, 0.4) is 0 Å². The monoisotopic (exact) mass is 264 g/mol. The zero-order valence-corrected chi connectivity index (χ0v) is 12.8. The number of rotatable bonds is 5. The molecule has 2 atom stereocenters. The molecule has 0 radical (unpaired) electrons. The summed E-state index contributed by atoms with van der Waals surface area (Å²) < 4.78 is 2.05. The molecule has 2 rings (SSSR count). The van der Waals surface area contributed by atoms with Crippen molar-refractivity contribution in [3.8, 4) is 0 Å². The molecule has 0 amide bonds. The van der Waals surface area contributed by atoms with Crippen molar-refractivity contribution >= 4 is 0 Å². The molecule has 1 N–H and O–H groups in total. The summed E-state index contributed by atoms with van der Waals surface area (Å²) in [5.74, 6) is 0. The number of hydrogen-bond acceptors (Lipinski definition) is 3. The zero-order valence-electron chi connectivity index (χ0n) is 12.8. The molecule has 1 aromatic rings. The standard InChI is InChI=1S/C15H28N4/c1-5-13-10-14(18(4)17-13)11-19-9-7-6-8-15(19)12(2)16-3/h10,12,15-16H,5-9,11H2,1-4H3. The van der Waals surface area contributed by atoms with Crippen LogP contribution < -0.4 is 5.32 Å². The third kappa shape index (κ3) is 3.37. The van der Waals surface area contributed by atoms with E-state index in [0.717, 1.165) is 13.0 Å². The van der Waals surface area contributed by atoms with Gasteiger partial charge in [0.25, 0.3) is 0 Å². The average molecular weight is 264 g/mol. The summed E-state index contributed by atoms with van der Waals surface area (Å²) in [5.41, 5.74) is 2.54. The molecule has 4 nitrogen and oxygen atoms in total. The summed E-state index contributed by atoms with van der Waals surface area (Å²) in [6.45, 7) is 6.70. The van der Waals surface area contributed by atoms with Gasteiger partial charge in [0.1, 0.15) is 0 Å². The fraction of sp³-hybridized carbons (Fsp3) is 0.800. The lowest BCUT2D eigenvalue weighted by atomic mass is 9.96. The normalized spacial score (nSPS) is 22.6. The summed E-state index contributed by atoms with van der Waals surface area (Å²) in [4.78, 5) is 2.63. The lowest BCUT2D eigenvalue weighted by Crippen LogP contribution is -2.49. The van der Waals surface area contributed by atoms with Crippen LogP contribution in [-0.2, 0) is 20.0 Å². The van der Waals surface area contributed by atoms with Crippen molar-refractivity contribution in [3.63, 3.8) is 0 Å². The first kappa shape index (κ1) is 14.5. The molecule has 1 aliphatic rings. The summed E-state index contributed by atoms with van der Waals surface area (Å²) in [5, 5.41) is 7.98. The minimum absolute atomic E-state index is 0.555. The lowest BCUT2D eigenvalue weighted by molar-refractivity contribution is 0.111. The summed E-state index contributed by atoms with van der Waals surface area (Å²) in [7, 11) is 4.13. The van der Waals surface area contributed by atoms with Crippen LogP contribution in [0.25, 0.3) is 0 Å². The van der Waals surface area contributed by atoms with E-state index in [0.29, 0.717) is 12.1 Å². The minimum atomic E-state index is 0.555. The second-order valence-corrected chi connectivity index (χ2v) is 5.72. The van der Waals surface area contributed by atoms with E-state index in [4.69, 9.17) is 0 Å². The molecule has 4 heteroatoms. The van der Waals surface area contributed by atoms with Crippen molar-refractivity contribution in [2.75, 3.05) is 13.6 Å². The molecule has 0 bridgehead atoms. The van der Waals surface area contributed by atoms with Crippen LogP contribution in [0, 0.1) is 0 Å². The van der Waals surface area contributed by atoms with Gasteiger partial charge >= 0.3 is 0 Å². The molecule has 108 valence electrons. The molecule has 0 saturated carbocycles. The van der Waals surface area contributed by atoms with E-state index < -0.39 is 0 Å². The van der Waals surface area contributed by atoms with Crippen molar-refractivity contribution in [3.05, 3.63) is 17.5 Å². The summed E-state index contributed by atoms with van der Waals surface area (Å²) in [6, 6.07) is 3.47. The number of nitrogens with one attached hydrogen (secondary N) is 1. The van der Waals surface area contributed by atoms with Crippen molar-refractivity contribution in [2.24, 2.45) is 7.05 Å². The van der Waals surface area contributed by atoms with Crippen LogP contribution in [-0.4, -0.2) is 40.4 Å². The molecule has 1 saturated heterocycles. The Bertz CT molecular complexity index is 399. The van der Waals surface area contributed by atoms with E-state index >= 15 is 0 Å². The second-order valence-electron chi connectivity index (χ2n) is 5.72. The number of likely N-dealkylation sites (tertiary alicyclic amines) is 1. The molecule has 1 fully saturated rings. The number of nitrogens with zero attached hydrogens (tertiary/aromatic N) is 3. The van der Waals surface area contributed by atoms with Crippen LogP contribution >= 0.6 is 0 Å². The predicted octanol–water partition coefficient (Wildman–Crippen LogP) is 1.94. The minimum Gasteiger partial charge on any atom is -0.316 e. The molecule has 19 heavy (non-hydrogen) atoms. The lowest BCUT2D eigenvalue weighted by Gasteiger charge is -2.39. The van der Waals surface area contributed by atoms with Gasteiger partial charge < -0.3 is 5.32 Å². The van der Waals surface area contributed by atoms with E-state index in [1.54, 1.807) is 0 Å². The summed E-state index contributed by atoms with van der Waals surface area (Å²) >= 11 is 0.